The lowest BCUT2D eigenvalue weighted by Crippen LogP contribution is -2.27. The van der Waals surface area contributed by atoms with Crippen molar-refractivity contribution in [2.45, 2.75) is 52.5 Å². The molecule has 0 bridgehead atoms. The van der Waals surface area contributed by atoms with Crippen LogP contribution in [0.4, 0.5) is 11.4 Å². The number of hydrogen-bond acceptors (Lipinski definition) is 8. The number of fused-ring (bicyclic) bond motifs is 2. The number of ether oxygens (including phenoxy) is 2. The van der Waals surface area contributed by atoms with E-state index in [0.29, 0.717) is 34.1 Å². The molecule has 2 amide bonds. The van der Waals surface area contributed by atoms with Crippen LogP contribution < -0.4 is 22.1 Å². The molecule has 0 aromatic heterocycles. The summed E-state index contributed by atoms with van der Waals surface area (Å²) in [5.41, 5.74) is 14.7. The van der Waals surface area contributed by atoms with Gasteiger partial charge < -0.3 is 31.6 Å². The van der Waals surface area contributed by atoms with Gasteiger partial charge in [0.15, 0.2) is 0 Å². The minimum absolute atomic E-state index is 0.0356. The molecule has 0 heterocycles. The van der Waals surface area contributed by atoms with Crippen LogP contribution in [0.1, 0.15) is 93.5 Å². The van der Waals surface area contributed by atoms with E-state index in [1.807, 2.05) is 62.4 Å². The van der Waals surface area contributed by atoms with Gasteiger partial charge in [-0.1, -0.05) is 145 Å². The van der Waals surface area contributed by atoms with Crippen molar-refractivity contribution in [2.24, 2.45) is 11.5 Å². The average Bonchev–Trinajstić information content (AvgIpc) is 3.43. The molecule has 68 heavy (non-hydrogen) atoms. The second kappa shape index (κ2) is 22.5. The lowest BCUT2D eigenvalue weighted by Gasteiger charge is -2.16. The van der Waals surface area contributed by atoms with Gasteiger partial charge in [-0.3, -0.25) is 9.59 Å². The monoisotopic (exact) mass is 916 g/mol. The average molecular weight is 917 g/mol. The Morgan fingerprint density at radius 2 is 1.16 bits per heavy atom. The Morgan fingerprint density at radius 3 is 1.82 bits per heavy atom. The maximum absolute atomic E-state index is 13.2. The van der Waals surface area contributed by atoms with Crippen LogP contribution in [-0.4, -0.2) is 36.8 Å². The minimum Gasteiger partial charge on any atom is -0.457 e. The van der Waals surface area contributed by atoms with Crippen molar-refractivity contribution in [3.05, 3.63) is 225 Å². The van der Waals surface area contributed by atoms with Crippen LogP contribution in [-0.2, 0) is 32.2 Å². The summed E-state index contributed by atoms with van der Waals surface area (Å²) in [4.78, 5) is 51.7. The van der Waals surface area contributed by atoms with Crippen LogP contribution in [0.15, 0.2) is 170 Å². The van der Waals surface area contributed by atoms with Crippen molar-refractivity contribution >= 4 is 56.7 Å². The molecule has 0 aliphatic carbocycles. The van der Waals surface area contributed by atoms with Gasteiger partial charge in [0.2, 0.25) is 11.8 Å². The first kappa shape index (κ1) is 34.4. The number of esters is 2. The first-order valence-corrected chi connectivity index (χ1v) is 21.4. The largest absolute Gasteiger partial charge is 0.457 e. The van der Waals surface area contributed by atoms with Gasteiger partial charge in [-0.2, -0.15) is 0 Å². The highest BCUT2D eigenvalue weighted by Crippen LogP contribution is 2.25. The number of carbonyl (C=O) groups is 4. The van der Waals surface area contributed by atoms with Crippen molar-refractivity contribution in [1.82, 2.24) is 0 Å². The fourth-order valence-corrected chi connectivity index (χ4v) is 7.25. The van der Waals surface area contributed by atoms with Crippen LogP contribution in [0.2, 0.25) is 0 Å². The summed E-state index contributed by atoms with van der Waals surface area (Å²) in [6, 6.07) is 43.8. The van der Waals surface area contributed by atoms with Crippen LogP contribution in [0.3, 0.4) is 0 Å². The zero-order valence-electron chi connectivity index (χ0n) is 49.2. The second-order valence-electron chi connectivity index (χ2n) is 15.7. The van der Waals surface area contributed by atoms with E-state index in [-0.39, 0.29) is 23.3 Å². The van der Waals surface area contributed by atoms with E-state index in [4.69, 9.17) is 37.4 Å². The highest BCUT2D eigenvalue weighted by Gasteiger charge is 2.21. The van der Waals surface area contributed by atoms with Crippen molar-refractivity contribution in [3.63, 3.8) is 0 Å². The molecule has 0 aliphatic rings. The Kier molecular flexibility index (Phi) is 11.4. The number of rotatable bonds is 14. The standard InChI is InChI=1S/2C29H28N2O3/c2*1-19-7-14-26(20(2)15-19)29(33)34-18-21-8-10-23(11-9-21)27(17-30)28(32)31-25-13-12-22-5-3-4-6-24(22)16-25/h2*3-16,27H,17-18,30H2,1-2H3,(H,31,32)/t2*27-/m10/s1/i5D,17D2;1D3,2D3,18D2,27D. The van der Waals surface area contributed by atoms with E-state index < -0.39 is 80.0 Å². The van der Waals surface area contributed by atoms with Gasteiger partial charge in [-0.05, 0) is 119 Å². The van der Waals surface area contributed by atoms with Gasteiger partial charge in [-0.25, -0.2) is 9.59 Å². The molecule has 0 saturated carbocycles. The Bertz CT molecular complexity index is 3610. The second-order valence-corrected chi connectivity index (χ2v) is 15.7. The lowest BCUT2D eigenvalue weighted by molar-refractivity contribution is -0.118. The SMILES string of the molecule is [2H]C([2H])([2H])c1ccc(C(=O)OC([2H])([2H])c2ccc([C@]([2H])(CN)C(=O)Nc3ccc4ccccc4c3)cc2)c(C([2H])([2H])[2H])c1.[2H]c1cccc2cc(NC(=O)[C@@H](c3ccc(COC(=O)c4ccc(C)cc4C)cc3)C([2H])([2H])N)ccc12. The maximum atomic E-state index is 13.2. The van der Waals surface area contributed by atoms with E-state index in [2.05, 4.69) is 10.6 Å². The minimum atomic E-state index is -2.88. The first-order valence-electron chi connectivity index (χ1n) is 27.4. The van der Waals surface area contributed by atoms with Gasteiger partial charge in [-0.15, -0.1) is 0 Å². The fraction of sp³-hybridized carbons (Fsp3) is 0.172. The number of aryl methyl sites for hydroxylation is 4. The van der Waals surface area contributed by atoms with E-state index in [1.54, 1.807) is 72.8 Å². The maximum Gasteiger partial charge on any atom is 0.338 e. The van der Waals surface area contributed by atoms with Gasteiger partial charge in [0, 0.05) is 36.8 Å². The van der Waals surface area contributed by atoms with E-state index in [0.717, 1.165) is 50.9 Å². The van der Waals surface area contributed by atoms with Crippen LogP contribution >= 0.6 is 0 Å². The summed E-state index contributed by atoms with van der Waals surface area (Å²) >= 11 is 0. The Morgan fingerprint density at radius 1 is 0.588 bits per heavy atom. The normalized spacial score (nSPS) is 15.6. The van der Waals surface area contributed by atoms with E-state index in [9.17, 15) is 19.2 Å². The van der Waals surface area contributed by atoms with Gasteiger partial charge in [0.05, 0.1) is 27.1 Å². The summed E-state index contributed by atoms with van der Waals surface area (Å²) < 4.78 is 106. The van der Waals surface area contributed by atoms with E-state index >= 15 is 0 Å². The highest BCUT2D eigenvalue weighted by molar-refractivity contribution is 5.99. The Labute approximate surface area is 414 Å². The fourth-order valence-electron chi connectivity index (χ4n) is 7.25. The van der Waals surface area contributed by atoms with Crippen LogP contribution in [0.25, 0.3) is 21.5 Å². The van der Waals surface area contributed by atoms with Gasteiger partial charge in [0.25, 0.3) is 0 Å². The predicted molar refractivity (Wildman–Crippen MR) is 272 cm³/mol. The third-order valence-corrected chi connectivity index (χ3v) is 10.9. The molecule has 0 spiro atoms. The molecule has 6 N–H and O–H groups in total. The highest BCUT2D eigenvalue weighted by atomic mass is 16.5. The molecule has 10 nitrogen and oxygen atoms in total. The quantitative estimate of drug-likeness (QED) is 0.0784. The molecule has 8 aromatic rings. The molecule has 0 saturated heterocycles. The zero-order valence-corrected chi connectivity index (χ0v) is 37.2. The molecule has 0 radical (unpaired) electrons. The first-order chi connectivity index (χ1) is 37.5. The van der Waals surface area contributed by atoms with Crippen LogP contribution in [0.5, 0.6) is 0 Å². The number of anilines is 2. The predicted octanol–water partition coefficient (Wildman–Crippen LogP) is 11.0. The van der Waals surface area contributed by atoms with Crippen LogP contribution in [0, 0.1) is 27.6 Å². The number of benzene rings is 8. The number of hydrogen-bond donors (Lipinski definition) is 4. The molecular formula is C58H56N4O6. The Balaban J connectivity index is 0.000000234. The third kappa shape index (κ3) is 12.3. The Hall–Kier alpha value is -7.92. The molecule has 0 fully saturated rings. The summed E-state index contributed by atoms with van der Waals surface area (Å²) in [5.74, 6) is -6.26. The molecule has 0 unspecified atom stereocenters. The van der Waals surface area contributed by atoms with Crippen molar-refractivity contribution < 1.29 is 45.1 Å². The summed E-state index contributed by atoms with van der Waals surface area (Å²) in [7, 11) is 0. The number of carbonyl (C=O) groups excluding carboxylic acids is 4. The van der Waals surface area contributed by atoms with Gasteiger partial charge in [0.1, 0.15) is 13.2 Å². The molecule has 0 aliphatic heterocycles. The van der Waals surface area contributed by atoms with Gasteiger partial charge >= 0.3 is 11.9 Å². The molecule has 2 atom stereocenters. The van der Waals surface area contributed by atoms with Crippen molar-refractivity contribution in [1.29, 1.82) is 0 Å². The third-order valence-electron chi connectivity index (χ3n) is 10.9. The number of nitrogens with two attached hydrogens (primary N) is 2. The molecule has 344 valence electrons. The molecule has 8 rings (SSSR count). The number of nitrogens with one attached hydrogen (secondary N) is 2. The number of amides is 2. The summed E-state index contributed by atoms with van der Waals surface area (Å²) in [6.07, 6.45) is 0. The topological polar surface area (TPSA) is 163 Å². The smallest absolute Gasteiger partial charge is 0.338 e. The molecular weight excluding hydrogens is 849 g/mol. The van der Waals surface area contributed by atoms with Crippen molar-refractivity contribution in [3.8, 4) is 0 Å². The van der Waals surface area contributed by atoms with E-state index in [1.165, 1.54) is 24.3 Å². The molecule has 8 aromatic carbocycles. The molecule has 10 heteroatoms. The summed E-state index contributed by atoms with van der Waals surface area (Å²) in [6.45, 7) is -7.13. The zero-order chi connectivity index (χ0) is 58.5. The van der Waals surface area contributed by atoms with Crippen molar-refractivity contribution in [2.75, 3.05) is 23.7 Å². The summed E-state index contributed by atoms with van der Waals surface area (Å²) in [5, 5.41) is 8.87. The lowest BCUT2D eigenvalue weighted by atomic mass is 9.97.